The molecule has 1 N–H and O–H groups in total. The van der Waals surface area contributed by atoms with Crippen LogP contribution in [0, 0.1) is 11.6 Å². The Bertz CT molecular complexity index is 314. The number of benzene rings is 1. The molecule has 0 aliphatic rings. The van der Waals surface area contributed by atoms with Crippen LogP contribution in [0.25, 0.3) is 0 Å². The highest BCUT2D eigenvalue weighted by atomic mass is 19.4. The van der Waals surface area contributed by atoms with Crippen LogP contribution in [0.15, 0.2) is 18.2 Å². The van der Waals surface area contributed by atoms with Gasteiger partial charge in [0, 0.05) is 18.3 Å². The number of nitrogens with one attached hydrogen (secondary N) is 1. The molecule has 0 radical (unpaired) electrons. The Balaban J connectivity index is 2.51. The second-order valence-corrected chi connectivity index (χ2v) is 2.95. The molecule has 6 heteroatoms. The quantitative estimate of drug-likeness (QED) is 0.778. The van der Waals surface area contributed by atoms with Crippen molar-refractivity contribution >= 4 is 5.69 Å². The van der Waals surface area contributed by atoms with Gasteiger partial charge in [0.05, 0.1) is 6.42 Å². The zero-order valence-electron chi connectivity index (χ0n) is 7.54. The van der Waals surface area contributed by atoms with Gasteiger partial charge in [0.25, 0.3) is 0 Å². The van der Waals surface area contributed by atoms with Gasteiger partial charge < -0.3 is 5.32 Å². The van der Waals surface area contributed by atoms with Crippen LogP contribution in [-0.2, 0) is 0 Å². The highest BCUT2D eigenvalue weighted by Crippen LogP contribution is 2.20. The molecule has 15 heavy (non-hydrogen) atoms. The summed E-state index contributed by atoms with van der Waals surface area (Å²) in [5.41, 5.74) is -0.00301. The highest BCUT2D eigenvalue weighted by molar-refractivity contribution is 5.43. The Morgan fingerprint density at radius 1 is 1.00 bits per heavy atom. The van der Waals surface area contributed by atoms with E-state index < -0.39 is 30.8 Å². The summed E-state index contributed by atoms with van der Waals surface area (Å²) in [6.45, 7) is -0.410. The largest absolute Gasteiger partial charge is 0.390 e. The molecule has 0 saturated heterocycles. The van der Waals surface area contributed by atoms with Gasteiger partial charge in [-0.05, 0) is 12.1 Å². The molecule has 0 aliphatic heterocycles. The van der Waals surface area contributed by atoms with Crippen molar-refractivity contribution in [3.8, 4) is 0 Å². The van der Waals surface area contributed by atoms with Gasteiger partial charge in [0.1, 0.15) is 11.6 Å². The van der Waals surface area contributed by atoms with E-state index >= 15 is 0 Å². The van der Waals surface area contributed by atoms with Crippen LogP contribution < -0.4 is 5.32 Å². The molecular formula is C9H8F5N. The fourth-order valence-corrected chi connectivity index (χ4v) is 1.00. The van der Waals surface area contributed by atoms with Crippen molar-refractivity contribution in [3.05, 3.63) is 29.8 Å². The normalized spacial score (nSPS) is 11.5. The third-order valence-corrected chi connectivity index (χ3v) is 1.60. The Kier molecular flexibility index (Phi) is 3.49. The molecule has 0 unspecified atom stereocenters. The maximum Gasteiger partial charge on any atom is 0.390 e. The lowest BCUT2D eigenvalue weighted by Crippen LogP contribution is -2.14. The molecule has 1 aromatic carbocycles. The van der Waals surface area contributed by atoms with Crippen molar-refractivity contribution in [1.82, 2.24) is 0 Å². The van der Waals surface area contributed by atoms with Crippen LogP contribution in [0.1, 0.15) is 6.42 Å². The molecule has 0 atom stereocenters. The molecule has 0 aliphatic carbocycles. The van der Waals surface area contributed by atoms with Crippen LogP contribution in [0.2, 0.25) is 0 Å². The van der Waals surface area contributed by atoms with E-state index in [9.17, 15) is 22.0 Å². The summed E-state index contributed by atoms with van der Waals surface area (Å²) in [6, 6.07) is 2.51. The van der Waals surface area contributed by atoms with E-state index in [1.807, 2.05) is 0 Å². The van der Waals surface area contributed by atoms with Crippen molar-refractivity contribution < 1.29 is 22.0 Å². The van der Waals surface area contributed by atoms with Crippen LogP contribution in [0.5, 0.6) is 0 Å². The van der Waals surface area contributed by atoms with Gasteiger partial charge >= 0.3 is 6.18 Å². The number of rotatable bonds is 3. The van der Waals surface area contributed by atoms with Gasteiger partial charge in [-0.1, -0.05) is 0 Å². The summed E-state index contributed by atoms with van der Waals surface area (Å²) in [4.78, 5) is 0. The third kappa shape index (κ3) is 4.62. The number of anilines is 1. The van der Waals surface area contributed by atoms with Crippen molar-refractivity contribution in [1.29, 1.82) is 0 Å². The Morgan fingerprint density at radius 3 is 2.00 bits per heavy atom. The zero-order valence-corrected chi connectivity index (χ0v) is 7.54. The minimum absolute atomic E-state index is 0.00301. The highest BCUT2D eigenvalue weighted by Gasteiger charge is 2.26. The number of halogens is 5. The van der Waals surface area contributed by atoms with Gasteiger partial charge in [-0.3, -0.25) is 0 Å². The fraction of sp³-hybridized carbons (Fsp3) is 0.333. The van der Waals surface area contributed by atoms with Crippen molar-refractivity contribution in [2.45, 2.75) is 12.6 Å². The van der Waals surface area contributed by atoms with E-state index in [2.05, 4.69) is 5.32 Å². The number of alkyl halides is 3. The van der Waals surface area contributed by atoms with Gasteiger partial charge in [-0.25, -0.2) is 8.78 Å². The van der Waals surface area contributed by atoms with Crippen LogP contribution in [-0.4, -0.2) is 12.7 Å². The standard InChI is InChI=1S/C9H8F5N/c10-6-3-7(11)5-8(4-6)15-2-1-9(12,13)14/h3-5,15H,1-2H2. The molecule has 1 aromatic rings. The maximum absolute atomic E-state index is 12.6. The van der Waals surface area contributed by atoms with E-state index in [-0.39, 0.29) is 5.69 Å². The molecule has 0 aromatic heterocycles. The molecule has 0 saturated carbocycles. The summed E-state index contributed by atoms with van der Waals surface area (Å²) >= 11 is 0. The van der Waals surface area contributed by atoms with Gasteiger partial charge in [0.2, 0.25) is 0 Å². The second kappa shape index (κ2) is 4.46. The smallest absolute Gasteiger partial charge is 0.385 e. The first-order valence-electron chi connectivity index (χ1n) is 4.13. The van der Waals surface area contributed by atoms with Crippen LogP contribution in [0.4, 0.5) is 27.6 Å². The van der Waals surface area contributed by atoms with Gasteiger partial charge in [-0.2, -0.15) is 13.2 Å². The lowest BCUT2D eigenvalue weighted by Gasteiger charge is -2.08. The molecule has 0 heterocycles. The molecule has 1 nitrogen and oxygen atoms in total. The van der Waals surface area contributed by atoms with Crippen molar-refractivity contribution in [3.63, 3.8) is 0 Å². The number of hydrogen-bond acceptors (Lipinski definition) is 1. The molecule has 0 fully saturated rings. The SMILES string of the molecule is Fc1cc(F)cc(NCCC(F)(F)F)c1. The Hall–Kier alpha value is -1.33. The van der Waals surface area contributed by atoms with Crippen molar-refractivity contribution in [2.24, 2.45) is 0 Å². The summed E-state index contributed by atoms with van der Waals surface area (Å²) in [5.74, 6) is -1.66. The minimum Gasteiger partial charge on any atom is -0.385 e. The summed E-state index contributed by atoms with van der Waals surface area (Å²) in [6.07, 6.45) is -5.33. The monoisotopic (exact) mass is 225 g/mol. The van der Waals surface area contributed by atoms with E-state index in [0.29, 0.717) is 6.07 Å². The third-order valence-electron chi connectivity index (χ3n) is 1.60. The molecule has 1 rings (SSSR count). The maximum atomic E-state index is 12.6. The van der Waals surface area contributed by atoms with Crippen LogP contribution >= 0.6 is 0 Å². The summed E-state index contributed by atoms with van der Waals surface area (Å²) in [5, 5.41) is 2.28. The first kappa shape index (κ1) is 11.7. The molecule has 0 bridgehead atoms. The lowest BCUT2D eigenvalue weighted by molar-refractivity contribution is -0.131. The summed E-state index contributed by atoms with van der Waals surface area (Å²) < 4.78 is 60.4. The van der Waals surface area contributed by atoms with E-state index in [4.69, 9.17) is 0 Å². The predicted molar refractivity (Wildman–Crippen MR) is 45.5 cm³/mol. The average Bonchev–Trinajstić information content (AvgIpc) is 1.99. The summed E-state index contributed by atoms with van der Waals surface area (Å²) in [7, 11) is 0. The first-order chi connectivity index (χ1) is 6.87. The second-order valence-electron chi connectivity index (χ2n) is 2.95. The van der Waals surface area contributed by atoms with Gasteiger partial charge in [0.15, 0.2) is 0 Å². The minimum atomic E-state index is -4.28. The lowest BCUT2D eigenvalue weighted by atomic mass is 10.3. The van der Waals surface area contributed by atoms with E-state index in [1.54, 1.807) is 0 Å². The van der Waals surface area contributed by atoms with Gasteiger partial charge in [-0.15, -0.1) is 0 Å². The first-order valence-corrected chi connectivity index (χ1v) is 4.13. The molecule has 0 amide bonds. The van der Waals surface area contributed by atoms with E-state index in [0.717, 1.165) is 12.1 Å². The molecule has 0 spiro atoms. The molecular weight excluding hydrogens is 217 g/mol. The van der Waals surface area contributed by atoms with E-state index in [1.165, 1.54) is 0 Å². The number of hydrogen-bond donors (Lipinski definition) is 1. The Labute approximate surface area is 82.9 Å². The topological polar surface area (TPSA) is 12.0 Å². The average molecular weight is 225 g/mol. The molecule has 84 valence electrons. The Morgan fingerprint density at radius 2 is 1.53 bits per heavy atom. The van der Waals surface area contributed by atoms with Crippen LogP contribution in [0.3, 0.4) is 0 Å². The fourth-order valence-electron chi connectivity index (χ4n) is 1.00. The zero-order chi connectivity index (χ0) is 11.5. The van der Waals surface area contributed by atoms with Crippen molar-refractivity contribution in [2.75, 3.05) is 11.9 Å². The predicted octanol–water partition coefficient (Wildman–Crippen LogP) is 3.33.